The van der Waals surface area contributed by atoms with Gasteiger partial charge in [0.15, 0.2) is 0 Å². The second kappa shape index (κ2) is 11.7. The third kappa shape index (κ3) is 5.46. The maximum Gasteiger partial charge on any atom is -0.00851 e. The molecule has 0 heteroatoms. The van der Waals surface area contributed by atoms with Crippen molar-refractivity contribution in [2.24, 2.45) is 46.3 Å². The zero-order valence-corrected chi connectivity index (χ0v) is 23.0. The van der Waals surface area contributed by atoms with Gasteiger partial charge in [0, 0.05) is 0 Å². The van der Waals surface area contributed by atoms with Crippen molar-refractivity contribution < 1.29 is 0 Å². The Kier molecular flexibility index (Phi) is 10.2. The average molecular weight is 431 g/mol. The Hall–Kier alpha value is -0.260. The number of hydrogen-bond acceptors (Lipinski definition) is 0. The Morgan fingerprint density at radius 2 is 1.61 bits per heavy atom. The van der Waals surface area contributed by atoms with Crippen molar-refractivity contribution in [2.45, 2.75) is 139 Å². The van der Waals surface area contributed by atoms with Crippen LogP contribution >= 0.6 is 0 Å². The van der Waals surface area contributed by atoms with Crippen molar-refractivity contribution >= 4 is 0 Å². The van der Waals surface area contributed by atoms with E-state index in [-0.39, 0.29) is 0 Å². The Balaban J connectivity index is 0.000000807. The molecular weight excluding hydrogens is 372 g/mol. The highest BCUT2D eigenvalue weighted by molar-refractivity contribution is 5.24. The largest absolute Gasteiger partial charge is 0.0845 e. The van der Waals surface area contributed by atoms with Gasteiger partial charge in [-0.05, 0) is 104 Å². The SMILES string of the molecule is CC.CC.CC(C)CCCC[C@H]1CC[C@H]2C3CC=C4C[C@@H](C)CC[C@]4(C)[C@H]3CC[C@]12C. The maximum atomic E-state index is 2.75. The van der Waals surface area contributed by atoms with Crippen LogP contribution in [0.15, 0.2) is 11.6 Å². The minimum absolute atomic E-state index is 0.562. The third-order valence-corrected chi connectivity index (χ3v) is 10.1. The quantitative estimate of drug-likeness (QED) is 0.300. The number of fused-ring (bicyclic) bond motifs is 5. The van der Waals surface area contributed by atoms with Gasteiger partial charge >= 0.3 is 0 Å². The fourth-order valence-corrected chi connectivity index (χ4v) is 8.37. The number of hydrogen-bond donors (Lipinski definition) is 0. The highest BCUT2D eigenvalue weighted by Gasteiger charge is 2.58. The van der Waals surface area contributed by atoms with Gasteiger partial charge in [0.25, 0.3) is 0 Å². The van der Waals surface area contributed by atoms with Crippen LogP contribution in [0.4, 0.5) is 0 Å². The molecule has 0 aliphatic heterocycles. The van der Waals surface area contributed by atoms with Gasteiger partial charge in [-0.2, -0.15) is 0 Å². The summed E-state index contributed by atoms with van der Waals surface area (Å²) in [5.41, 5.74) is 3.10. The molecule has 0 aromatic rings. The zero-order chi connectivity index (χ0) is 23.2. The summed E-state index contributed by atoms with van der Waals surface area (Å²) >= 11 is 0. The molecule has 0 aromatic heterocycles. The first-order chi connectivity index (χ1) is 14.8. The van der Waals surface area contributed by atoms with Crippen LogP contribution in [0.3, 0.4) is 0 Å². The first-order valence-electron chi connectivity index (χ1n) is 14.5. The molecule has 0 N–H and O–H groups in total. The molecule has 1 unspecified atom stereocenters. The summed E-state index contributed by atoms with van der Waals surface area (Å²) in [6, 6.07) is 0. The van der Waals surface area contributed by atoms with Gasteiger partial charge < -0.3 is 0 Å². The maximum absolute atomic E-state index is 2.75. The van der Waals surface area contributed by atoms with E-state index in [0.29, 0.717) is 10.8 Å². The van der Waals surface area contributed by atoms with E-state index in [4.69, 9.17) is 0 Å². The molecule has 0 saturated heterocycles. The highest BCUT2D eigenvalue weighted by atomic mass is 14.6. The highest BCUT2D eigenvalue weighted by Crippen LogP contribution is 2.67. The number of unbranched alkanes of at least 4 members (excludes halogenated alkanes) is 1. The van der Waals surface area contributed by atoms with Crippen molar-refractivity contribution in [1.82, 2.24) is 0 Å². The van der Waals surface area contributed by atoms with Crippen molar-refractivity contribution in [3.63, 3.8) is 0 Å². The lowest BCUT2D eigenvalue weighted by Gasteiger charge is -2.58. The lowest BCUT2D eigenvalue weighted by atomic mass is 9.47. The van der Waals surface area contributed by atoms with Crippen LogP contribution in [0.5, 0.6) is 0 Å². The molecule has 7 atom stereocenters. The molecule has 182 valence electrons. The van der Waals surface area contributed by atoms with E-state index < -0.39 is 0 Å². The molecule has 0 bridgehead atoms. The number of rotatable bonds is 5. The summed E-state index contributed by atoms with van der Waals surface area (Å²) < 4.78 is 0. The normalized spacial score (nSPS) is 41.0. The number of allylic oxidation sites excluding steroid dienone is 2. The van der Waals surface area contributed by atoms with Crippen molar-refractivity contribution in [1.29, 1.82) is 0 Å². The van der Waals surface area contributed by atoms with E-state index >= 15 is 0 Å². The first kappa shape index (κ1) is 27.0. The van der Waals surface area contributed by atoms with Crippen molar-refractivity contribution in [3.8, 4) is 0 Å². The Morgan fingerprint density at radius 3 is 2.29 bits per heavy atom. The van der Waals surface area contributed by atoms with Crippen LogP contribution < -0.4 is 0 Å². The summed E-state index contributed by atoms with van der Waals surface area (Å²) in [5, 5.41) is 0. The van der Waals surface area contributed by atoms with E-state index in [0.717, 1.165) is 35.5 Å². The third-order valence-electron chi connectivity index (χ3n) is 10.1. The molecule has 0 heterocycles. The summed E-state index contributed by atoms with van der Waals surface area (Å²) in [6.07, 6.45) is 20.6. The van der Waals surface area contributed by atoms with Crippen LogP contribution in [0.1, 0.15) is 139 Å². The molecule has 4 aliphatic carbocycles. The smallest absolute Gasteiger partial charge is 0.00851 e. The second-order valence-corrected chi connectivity index (χ2v) is 12.1. The Bertz CT molecular complexity index is 556. The molecule has 4 rings (SSSR count). The summed E-state index contributed by atoms with van der Waals surface area (Å²) in [5.74, 6) is 5.88. The monoisotopic (exact) mass is 430 g/mol. The summed E-state index contributed by atoms with van der Waals surface area (Å²) in [6.45, 7) is 20.6. The summed E-state index contributed by atoms with van der Waals surface area (Å²) in [4.78, 5) is 0. The van der Waals surface area contributed by atoms with Gasteiger partial charge in [-0.25, -0.2) is 0 Å². The molecule has 3 fully saturated rings. The van der Waals surface area contributed by atoms with E-state index in [1.165, 1.54) is 70.6 Å². The van der Waals surface area contributed by atoms with Crippen LogP contribution in [0, 0.1) is 46.3 Å². The fraction of sp³-hybridized carbons (Fsp3) is 0.935. The van der Waals surface area contributed by atoms with Gasteiger partial charge in [0.1, 0.15) is 0 Å². The minimum atomic E-state index is 0.562. The average Bonchev–Trinajstić information content (AvgIpc) is 3.11. The van der Waals surface area contributed by atoms with E-state index in [9.17, 15) is 0 Å². The molecule has 4 aliphatic rings. The molecule has 31 heavy (non-hydrogen) atoms. The van der Waals surface area contributed by atoms with Gasteiger partial charge in [0.2, 0.25) is 0 Å². The van der Waals surface area contributed by atoms with Gasteiger partial charge in [0.05, 0.1) is 0 Å². The van der Waals surface area contributed by atoms with E-state index in [2.05, 4.69) is 40.7 Å². The van der Waals surface area contributed by atoms with Crippen LogP contribution in [-0.4, -0.2) is 0 Å². The van der Waals surface area contributed by atoms with Gasteiger partial charge in [-0.15, -0.1) is 0 Å². The lowest BCUT2D eigenvalue weighted by Crippen LogP contribution is -2.49. The molecule has 0 spiro atoms. The van der Waals surface area contributed by atoms with E-state index in [1.54, 1.807) is 6.42 Å². The van der Waals surface area contributed by atoms with Crippen LogP contribution in [0.2, 0.25) is 0 Å². The zero-order valence-electron chi connectivity index (χ0n) is 23.0. The fourth-order valence-electron chi connectivity index (χ4n) is 8.37. The van der Waals surface area contributed by atoms with Crippen molar-refractivity contribution in [2.75, 3.05) is 0 Å². The predicted octanol–water partition coefficient (Wildman–Crippen LogP) is 10.5. The Morgan fingerprint density at radius 1 is 0.903 bits per heavy atom. The van der Waals surface area contributed by atoms with Crippen LogP contribution in [-0.2, 0) is 0 Å². The molecule has 0 amide bonds. The first-order valence-corrected chi connectivity index (χ1v) is 14.5. The molecular formula is C31H58. The van der Waals surface area contributed by atoms with Crippen molar-refractivity contribution in [3.05, 3.63) is 11.6 Å². The van der Waals surface area contributed by atoms with Gasteiger partial charge in [-0.1, -0.05) is 93.2 Å². The topological polar surface area (TPSA) is 0 Å². The Labute approximate surface area is 197 Å². The van der Waals surface area contributed by atoms with Crippen LogP contribution in [0.25, 0.3) is 0 Å². The predicted molar refractivity (Wildman–Crippen MR) is 140 cm³/mol. The molecule has 0 nitrogen and oxygen atoms in total. The summed E-state index contributed by atoms with van der Waals surface area (Å²) in [7, 11) is 0. The second-order valence-electron chi connectivity index (χ2n) is 12.1. The molecule has 0 radical (unpaired) electrons. The van der Waals surface area contributed by atoms with Gasteiger partial charge in [-0.3, -0.25) is 0 Å². The minimum Gasteiger partial charge on any atom is -0.0845 e. The lowest BCUT2D eigenvalue weighted by molar-refractivity contribution is -0.0450. The van der Waals surface area contributed by atoms with E-state index in [1.807, 2.05) is 33.3 Å². The standard InChI is InChI=1S/C27H46.2C2H6/c1-19(2)8-6-7-9-21-11-13-24-23-12-10-22-18-20(3)14-16-27(22,5)25(23)15-17-26(21,24)4;2*1-2/h10,19-21,23-25H,6-9,11-18H2,1-5H3;2*1-2H3/t20-,21-,23?,24-,25-,26+,27-;;/m0../s1. The molecule has 3 saturated carbocycles. The molecule has 0 aromatic carbocycles.